The topological polar surface area (TPSA) is 29.0 Å². The minimum atomic E-state index is 0.414. The van der Waals surface area contributed by atoms with E-state index in [4.69, 9.17) is 0 Å². The highest BCUT2D eigenvalue weighted by molar-refractivity contribution is 5.39. The Hall–Kier alpha value is -1.12. The molecule has 0 N–H and O–H groups in total. The molecule has 0 atom stereocenters. The van der Waals surface area contributed by atoms with Crippen LogP contribution >= 0.6 is 0 Å². The average molecular weight is 205 g/mol. The molecule has 1 aliphatic rings. The van der Waals surface area contributed by atoms with Gasteiger partial charge in [0.15, 0.2) is 0 Å². The summed E-state index contributed by atoms with van der Waals surface area (Å²) in [6.45, 7) is 8.89. The summed E-state index contributed by atoms with van der Waals surface area (Å²) in [7, 11) is 0. The van der Waals surface area contributed by atoms with Crippen LogP contribution in [-0.4, -0.2) is 23.1 Å². The molecule has 1 aromatic heterocycles. The minimum Gasteiger partial charge on any atom is -0.356 e. The molecule has 0 unspecified atom stereocenters. The predicted octanol–water partition coefficient (Wildman–Crippen LogP) is 2.41. The Bertz CT molecular complexity index is 346. The highest BCUT2D eigenvalue weighted by Crippen LogP contribution is 2.30. The fourth-order valence-corrected chi connectivity index (χ4v) is 2.23. The van der Waals surface area contributed by atoms with Gasteiger partial charge in [0, 0.05) is 24.8 Å². The molecule has 1 saturated heterocycles. The van der Waals surface area contributed by atoms with Crippen molar-refractivity contribution >= 4 is 5.82 Å². The smallest absolute Gasteiger partial charge is 0.132 e. The number of aromatic nitrogens is 2. The molecular weight excluding hydrogens is 186 g/mol. The molecule has 2 heterocycles. The van der Waals surface area contributed by atoms with Gasteiger partial charge in [-0.1, -0.05) is 13.8 Å². The average Bonchev–Trinajstić information content (AvgIpc) is 2.16. The van der Waals surface area contributed by atoms with Gasteiger partial charge in [-0.05, 0) is 25.2 Å². The number of piperidine rings is 1. The van der Waals surface area contributed by atoms with Crippen LogP contribution in [0.25, 0.3) is 0 Å². The van der Waals surface area contributed by atoms with Crippen LogP contribution in [-0.2, 0) is 0 Å². The maximum Gasteiger partial charge on any atom is 0.132 e. The summed E-state index contributed by atoms with van der Waals surface area (Å²) >= 11 is 0. The third-order valence-corrected chi connectivity index (χ3v) is 3.01. The number of hydrogen-bond donors (Lipinski definition) is 0. The van der Waals surface area contributed by atoms with Crippen molar-refractivity contribution in [2.75, 3.05) is 18.0 Å². The van der Waals surface area contributed by atoms with Crippen molar-refractivity contribution < 1.29 is 0 Å². The summed E-state index contributed by atoms with van der Waals surface area (Å²) < 4.78 is 0. The predicted molar refractivity (Wildman–Crippen MR) is 62.0 cm³/mol. The molecule has 1 aliphatic heterocycles. The first-order valence-corrected chi connectivity index (χ1v) is 5.60. The maximum atomic E-state index is 4.34. The van der Waals surface area contributed by atoms with Gasteiger partial charge in [-0.3, -0.25) is 0 Å². The Morgan fingerprint density at radius 3 is 2.80 bits per heavy atom. The fraction of sp³-hybridized carbons (Fsp3) is 0.667. The first-order chi connectivity index (χ1) is 7.07. The number of hydrogen-bond acceptors (Lipinski definition) is 3. The molecule has 0 aromatic carbocycles. The number of nitrogens with zero attached hydrogens (tertiary/aromatic N) is 3. The molecular formula is C12H19N3. The lowest BCUT2D eigenvalue weighted by molar-refractivity contribution is 0.292. The molecule has 1 aromatic rings. The first-order valence-electron chi connectivity index (χ1n) is 5.60. The molecule has 15 heavy (non-hydrogen) atoms. The third kappa shape index (κ3) is 2.46. The molecule has 0 spiro atoms. The minimum absolute atomic E-state index is 0.414. The van der Waals surface area contributed by atoms with Crippen LogP contribution in [0.1, 0.15) is 32.4 Å². The van der Waals surface area contributed by atoms with E-state index in [9.17, 15) is 0 Å². The van der Waals surface area contributed by atoms with Crippen molar-refractivity contribution in [1.29, 1.82) is 0 Å². The van der Waals surface area contributed by atoms with E-state index >= 15 is 0 Å². The lowest BCUT2D eigenvalue weighted by Gasteiger charge is -2.38. The van der Waals surface area contributed by atoms with Crippen molar-refractivity contribution in [2.24, 2.45) is 5.41 Å². The van der Waals surface area contributed by atoms with E-state index in [2.05, 4.69) is 34.8 Å². The van der Waals surface area contributed by atoms with Gasteiger partial charge in [-0.15, -0.1) is 0 Å². The van der Waals surface area contributed by atoms with Crippen LogP contribution in [0.15, 0.2) is 12.4 Å². The van der Waals surface area contributed by atoms with Crippen molar-refractivity contribution in [2.45, 2.75) is 33.6 Å². The van der Waals surface area contributed by atoms with E-state index in [0.29, 0.717) is 5.41 Å². The molecule has 3 heteroatoms. The van der Waals surface area contributed by atoms with Gasteiger partial charge in [0.25, 0.3) is 0 Å². The van der Waals surface area contributed by atoms with Gasteiger partial charge in [-0.25, -0.2) is 9.97 Å². The Kier molecular flexibility index (Phi) is 2.63. The molecule has 0 radical (unpaired) electrons. The zero-order chi connectivity index (χ0) is 10.9. The highest BCUT2D eigenvalue weighted by Gasteiger charge is 2.26. The van der Waals surface area contributed by atoms with E-state index < -0.39 is 0 Å². The van der Waals surface area contributed by atoms with Gasteiger partial charge in [0.2, 0.25) is 0 Å². The number of rotatable bonds is 1. The normalized spacial score (nSPS) is 20.3. The second kappa shape index (κ2) is 3.80. The first kappa shape index (κ1) is 10.4. The molecule has 1 fully saturated rings. The summed E-state index contributed by atoms with van der Waals surface area (Å²) in [5.41, 5.74) is 1.46. The zero-order valence-electron chi connectivity index (χ0n) is 9.82. The van der Waals surface area contributed by atoms with Crippen LogP contribution in [0.2, 0.25) is 0 Å². The Morgan fingerprint density at radius 1 is 1.33 bits per heavy atom. The van der Waals surface area contributed by atoms with Gasteiger partial charge < -0.3 is 4.90 Å². The van der Waals surface area contributed by atoms with E-state index in [-0.39, 0.29) is 0 Å². The van der Waals surface area contributed by atoms with Crippen LogP contribution < -0.4 is 4.90 Å². The van der Waals surface area contributed by atoms with E-state index in [1.54, 1.807) is 6.33 Å². The third-order valence-electron chi connectivity index (χ3n) is 3.01. The SMILES string of the molecule is Cc1cc(N2CCCC(C)(C)C2)ncn1. The molecule has 0 saturated carbocycles. The monoisotopic (exact) mass is 205 g/mol. The van der Waals surface area contributed by atoms with Gasteiger partial charge in [0.1, 0.15) is 12.1 Å². The molecule has 82 valence electrons. The quantitative estimate of drug-likeness (QED) is 0.705. The van der Waals surface area contributed by atoms with E-state index in [1.807, 2.05) is 6.92 Å². The largest absolute Gasteiger partial charge is 0.356 e. The molecule has 3 nitrogen and oxygen atoms in total. The second-order valence-corrected chi connectivity index (χ2v) is 5.21. The number of anilines is 1. The van der Waals surface area contributed by atoms with Gasteiger partial charge in [-0.2, -0.15) is 0 Å². The van der Waals surface area contributed by atoms with Gasteiger partial charge >= 0.3 is 0 Å². The lowest BCUT2D eigenvalue weighted by Crippen LogP contribution is -2.40. The standard InChI is InChI=1S/C12H19N3/c1-10-7-11(14-9-13-10)15-6-4-5-12(2,3)8-15/h7,9H,4-6,8H2,1-3H3. The Labute approximate surface area is 91.5 Å². The van der Waals surface area contributed by atoms with Crippen molar-refractivity contribution in [3.05, 3.63) is 18.1 Å². The molecule has 0 aliphatic carbocycles. The Balaban J connectivity index is 2.17. The van der Waals surface area contributed by atoms with Crippen molar-refractivity contribution in [1.82, 2.24) is 9.97 Å². The Morgan fingerprint density at radius 2 is 2.13 bits per heavy atom. The lowest BCUT2D eigenvalue weighted by atomic mass is 9.84. The summed E-state index contributed by atoms with van der Waals surface area (Å²) in [5.74, 6) is 1.08. The summed E-state index contributed by atoms with van der Waals surface area (Å²) in [5, 5.41) is 0. The van der Waals surface area contributed by atoms with Crippen LogP contribution in [0, 0.1) is 12.3 Å². The molecule has 0 amide bonds. The fourth-order valence-electron chi connectivity index (χ4n) is 2.23. The van der Waals surface area contributed by atoms with Gasteiger partial charge in [0.05, 0.1) is 0 Å². The molecule has 2 rings (SSSR count). The summed E-state index contributed by atoms with van der Waals surface area (Å²) in [6, 6.07) is 2.07. The molecule has 0 bridgehead atoms. The zero-order valence-corrected chi connectivity index (χ0v) is 9.82. The van der Waals surface area contributed by atoms with Crippen molar-refractivity contribution in [3.63, 3.8) is 0 Å². The number of aryl methyl sites for hydroxylation is 1. The van der Waals surface area contributed by atoms with E-state index in [1.165, 1.54) is 12.8 Å². The maximum absolute atomic E-state index is 4.34. The summed E-state index contributed by atoms with van der Waals surface area (Å²) in [6.07, 6.45) is 4.23. The van der Waals surface area contributed by atoms with Crippen LogP contribution in [0.4, 0.5) is 5.82 Å². The van der Waals surface area contributed by atoms with E-state index in [0.717, 1.165) is 24.6 Å². The van der Waals surface area contributed by atoms with Crippen LogP contribution in [0.5, 0.6) is 0 Å². The highest BCUT2D eigenvalue weighted by atomic mass is 15.2. The van der Waals surface area contributed by atoms with Crippen molar-refractivity contribution in [3.8, 4) is 0 Å². The summed E-state index contributed by atoms with van der Waals surface area (Å²) in [4.78, 5) is 10.9. The second-order valence-electron chi connectivity index (χ2n) is 5.21. The van der Waals surface area contributed by atoms with Crippen LogP contribution in [0.3, 0.4) is 0 Å².